The molecule has 4 unspecified atom stereocenters. The van der Waals surface area contributed by atoms with E-state index in [2.05, 4.69) is 29.2 Å². The number of benzene rings is 1. The number of methoxy groups -OCH3 is 1. The molecule has 4 atom stereocenters. The molecule has 10 rings (SSSR count). The van der Waals surface area contributed by atoms with Crippen LogP contribution in [0, 0.1) is 45.3 Å². The van der Waals surface area contributed by atoms with Crippen molar-refractivity contribution in [2.24, 2.45) is 45.3 Å². The Kier molecular flexibility index (Phi) is 4.76. The first kappa shape index (κ1) is 23.1. The Morgan fingerprint density at radius 3 is 1.68 bits per heavy atom. The summed E-state index contributed by atoms with van der Waals surface area (Å²) in [6, 6.07) is 8.80. The standard InChI is InChI=1S/C33H43NO3/c1-37-29(36)31-14-24-11-25(15-31)19-33(18-24,21-31)32-16-22-10-23(17-32)13-30(12-22,20-32)28(35)34-8-6-26-4-2-3-5-27(26)7-9-34/h2-5,22-25H,6-21H2,1H3. The zero-order valence-electron chi connectivity index (χ0n) is 22.6. The van der Waals surface area contributed by atoms with Gasteiger partial charge in [-0.15, -0.1) is 0 Å². The van der Waals surface area contributed by atoms with Crippen LogP contribution in [0.3, 0.4) is 0 Å². The van der Waals surface area contributed by atoms with Crippen LogP contribution < -0.4 is 0 Å². The third-order valence-corrected chi connectivity index (χ3v) is 13.0. The zero-order valence-corrected chi connectivity index (χ0v) is 22.6. The predicted octanol–water partition coefficient (Wildman–Crippen LogP) is 5.96. The second-order valence-corrected chi connectivity index (χ2v) is 15.1. The molecule has 8 bridgehead atoms. The summed E-state index contributed by atoms with van der Waals surface area (Å²) in [6.45, 7) is 1.75. The molecule has 8 saturated carbocycles. The molecule has 1 amide bonds. The van der Waals surface area contributed by atoms with E-state index in [0.29, 0.717) is 29.6 Å². The molecule has 8 fully saturated rings. The minimum Gasteiger partial charge on any atom is -0.469 e. The maximum atomic E-state index is 14.6. The number of carbonyl (C=O) groups is 2. The second-order valence-electron chi connectivity index (χ2n) is 15.1. The number of rotatable bonds is 3. The number of nitrogens with zero attached hydrogens (tertiary/aromatic N) is 1. The molecule has 1 aromatic carbocycles. The lowest BCUT2D eigenvalue weighted by Crippen LogP contribution is -2.67. The number of hydrogen-bond donors (Lipinski definition) is 0. The van der Waals surface area contributed by atoms with Gasteiger partial charge in [-0.25, -0.2) is 0 Å². The van der Waals surface area contributed by atoms with Gasteiger partial charge >= 0.3 is 5.97 Å². The fourth-order valence-corrected chi connectivity index (χ4v) is 12.7. The van der Waals surface area contributed by atoms with E-state index in [0.717, 1.165) is 64.5 Å². The molecule has 37 heavy (non-hydrogen) atoms. The smallest absolute Gasteiger partial charge is 0.311 e. The maximum Gasteiger partial charge on any atom is 0.311 e. The van der Waals surface area contributed by atoms with Crippen LogP contribution in [0.25, 0.3) is 0 Å². The van der Waals surface area contributed by atoms with E-state index in [1.807, 2.05) is 0 Å². The van der Waals surface area contributed by atoms with Gasteiger partial charge in [-0.2, -0.15) is 0 Å². The van der Waals surface area contributed by atoms with E-state index >= 15 is 0 Å². The first-order valence-electron chi connectivity index (χ1n) is 15.3. The Morgan fingerprint density at radius 2 is 1.19 bits per heavy atom. The van der Waals surface area contributed by atoms with Crippen LogP contribution in [-0.2, 0) is 27.2 Å². The quantitative estimate of drug-likeness (QED) is 0.480. The number of esters is 1. The molecule has 1 aromatic rings. The van der Waals surface area contributed by atoms with Gasteiger partial charge in [0.25, 0.3) is 0 Å². The van der Waals surface area contributed by atoms with Gasteiger partial charge in [0, 0.05) is 13.1 Å². The first-order valence-corrected chi connectivity index (χ1v) is 15.3. The van der Waals surface area contributed by atoms with E-state index in [1.54, 1.807) is 7.11 Å². The first-order chi connectivity index (χ1) is 17.9. The summed E-state index contributed by atoms with van der Waals surface area (Å²) < 4.78 is 5.48. The Balaban J connectivity index is 1.13. The molecule has 1 heterocycles. The minimum absolute atomic E-state index is 0.0747. The molecule has 1 aliphatic heterocycles. The van der Waals surface area contributed by atoms with Gasteiger partial charge in [-0.3, -0.25) is 9.59 Å². The zero-order chi connectivity index (χ0) is 25.0. The molecule has 8 aliphatic carbocycles. The van der Waals surface area contributed by atoms with Crippen molar-refractivity contribution in [2.75, 3.05) is 20.2 Å². The van der Waals surface area contributed by atoms with Crippen molar-refractivity contribution < 1.29 is 14.3 Å². The Bertz CT molecular complexity index is 1100. The summed E-state index contributed by atoms with van der Waals surface area (Å²) >= 11 is 0. The summed E-state index contributed by atoms with van der Waals surface area (Å²) in [5.41, 5.74) is 2.99. The Labute approximate surface area is 221 Å². The van der Waals surface area contributed by atoms with Crippen molar-refractivity contribution in [1.29, 1.82) is 0 Å². The highest BCUT2D eigenvalue weighted by Gasteiger charge is 2.72. The summed E-state index contributed by atoms with van der Waals surface area (Å²) in [5, 5.41) is 0. The molecule has 4 heteroatoms. The average Bonchev–Trinajstić information content (AvgIpc) is 3.09. The summed E-state index contributed by atoms with van der Waals surface area (Å²) in [7, 11) is 1.60. The lowest BCUT2D eigenvalue weighted by Gasteiger charge is -2.73. The minimum atomic E-state index is -0.240. The molecule has 0 saturated heterocycles. The molecule has 0 radical (unpaired) electrons. The fraction of sp³-hybridized carbons (Fsp3) is 0.758. The van der Waals surface area contributed by atoms with E-state index in [1.165, 1.54) is 49.7 Å². The molecule has 9 aliphatic rings. The lowest BCUT2D eigenvalue weighted by atomic mass is 9.31. The van der Waals surface area contributed by atoms with Crippen molar-refractivity contribution in [3.05, 3.63) is 35.4 Å². The molecular formula is C33H43NO3. The van der Waals surface area contributed by atoms with Gasteiger partial charge in [0.15, 0.2) is 0 Å². The summed E-state index contributed by atoms with van der Waals surface area (Å²) in [5.74, 6) is 3.35. The monoisotopic (exact) mass is 501 g/mol. The highest BCUT2D eigenvalue weighted by molar-refractivity contribution is 5.84. The molecule has 4 nitrogen and oxygen atoms in total. The van der Waals surface area contributed by atoms with E-state index in [-0.39, 0.29) is 27.6 Å². The van der Waals surface area contributed by atoms with Crippen molar-refractivity contribution in [3.8, 4) is 0 Å². The Morgan fingerprint density at radius 1 is 0.730 bits per heavy atom. The third-order valence-electron chi connectivity index (χ3n) is 13.0. The van der Waals surface area contributed by atoms with Gasteiger partial charge in [-0.1, -0.05) is 24.3 Å². The molecule has 0 aromatic heterocycles. The van der Waals surface area contributed by atoms with E-state index in [4.69, 9.17) is 4.74 Å². The van der Waals surface area contributed by atoms with Crippen LogP contribution >= 0.6 is 0 Å². The molecule has 198 valence electrons. The van der Waals surface area contributed by atoms with Crippen LogP contribution in [0.1, 0.15) is 88.2 Å². The lowest BCUT2D eigenvalue weighted by molar-refractivity contribution is -0.241. The van der Waals surface area contributed by atoms with Crippen molar-refractivity contribution in [1.82, 2.24) is 4.90 Å². The number of carbonyl (C=O) groups excluding carboxylic acids is 2. The van der Waals surface area contributed by atoms with Gasteiger partial charge in [0.05, 0.1) is 17.9 Å². The van der Waals surface area contributed by atoms with Crippen molar-refractivity contribution in [2.45, 2.75) is 89.9 Å². The van der Waals surface area contributed by atoms with Gasteiger partial charge in [0.1, 0.15) is 0 Å². The third kappa shape index (κ3) is 3.13. The normalized spacial score (nSPS) is 47.0. The van der Waals surface area contributed by atoms with Crippen LogP contribution in [-0.4, -0.2) is 37.0 Å². The molecule has 0 spiro atoms. The average molecular weight is 502 g/mol. The second kappa shape index (κ2) is 7.63. The fourth-order valence-electron chi connectivity index (χ4n) is 12.7. The number of fused-ring (bicyclic) bond motifs is 1. The van der Waals surface area contributed by atoms with Crippen LogP contribution in [0.15, 0.2) is 24.3 Å². The van der Waals surface area contributed by atoms with Crippen LogP contribution in [0.5, 0.6) is 0 Å². The Hall–Kier alpha value is -1.84. The van der Waals surface area contributed by atoms with E-state index in [9.17, 15) is 9.59 Å². The molecule has 0 N–H and O–H groups in total. The highest BCUT2D eigenvalue weighted by atomic mass is 16.5. The van der Waals surface area contributed by atoms with Gasteiger partial charge < -0.3 is 9.64 Å². The highest BCUT2D eigenvalue weighted by Crippen LogP contribution is 2.78. The van der Waals surface area contributed by atoms with Gasteiger partial charge in [0.2, 0.25) is 5.91 Å². The van der Waals surface area contributed by atoms with Crippen LogP contribution in [0.4, 0.5) is 0 Å². The maximum absolute atomic E-state index is 14.6. The number of hydrogen-bond acceptors (Lipinski definition) is 3. The predicted molar refractivity (Wildman–Crippen MR) is 142 cm³/mol. The topological polar surface area (TPSA) is 46.6 Å². The number of amides is 1. The number of ether oxygens (including phenoxy) is 1. The summed E-state index contributed by atoms with van der Waals surface area (Å²) in [6.07, 6.45) is 16.4. The van der Waals surface area contributed by atoms with Crippen molar-refractivity contribution in [3.63, 3.8) is 0 Å². The van der Waals surface area contributed by atoms with Crippen molar-refractivity contribution >= 4 is 11.9 Å². The summed E-state index contributed by atoms with van der Waals surface area (Å²) in [4.78, 5) is 30.1. The SMILES string of the molecule is COC(=O)C12CC3CC(C1)CC(C14CC5CC(CC(C(=O)N6CCc7ccccc7CC6)(C5)C1)C4)(C3)C2. The molecular weight excluding hydrogens is 458 g/mol. The van der Waals surface area contributed by atoms with E-state index < -0.39 is 0 Å². The van der Waals surface area contributed by atoms with Gasteiger partial charge in [-0.05, 0) is 136 Å². The van der Waals surface area contributed by atoms with Crippen LogP contribution in [0.2, 0.25) is 0 Å². The largest absolute Gasteiger partial charge is 0.469 e.